The second-order valence-electron chi connectivity index (χ2n) is 5.70. The summed E-state index contributed by atoms with van der Waals surface area (Å²) in [5.74, 6) is -0.698. The topological polar surface area (TPSA) is 88.8 Å². The van der Waals surface area contributed by atoms with E-state index in [2.05, 4.69) is 5.32 Å². The molecule has 0 atom stereocenters. The summed E-state index contributed by atoms with van der Waals surface area (Å²) < 4.78 is 10.7. The first-order chi connectivity index (χ1) is 12.5. The third-order valence-corrected chi connectivity index (χ3v) is 3.86. The van der Waals surface area contributed by atoms with Crippen molar-refractivity contribution in [3.05, 3.63) is 71.5 Å². The van der Waals surface area contributed by atoms with Crippen molar-refractivity contribution in [1.29, 1.82) is 0 Å². The molecule has 3 aromatic rings. The molecule has 26 heavy (non-hydrogen) atoms. The SMILES string of the molecule is COc1cc(NC(=O)c2ccc(C)cc2)ccc1-c1ccc(C(=O)O)o1. The minimum absolute atomic E-state index is 0.154. The van der Waals surface area contributed by atoms with E-state index in [1.54, 1.807) is 36.4 Å². The molecule has 2 N–H and O–H groups in total. The lowest BCUT2D eigenvalue weighted by atomic mass is 10.1. The zero-order valence-electron chi connectivity index (χ0n) is 14.3. The number of anilines is 1. The highest BCUT2D eigenvalue weighted by molar-refractivity contribution is 6.04. The van der Waals surface area contributed by atoms with Crippen molar-refractivity contribution >= 4 is 17.6 Å². The van der Waals surface area contributed by atoms with Crippen LogP contribution in [0.15, 0.2) is 59.0 Å². The monoisotopic (exact) mass is 351 g/mol. The number of nitrogens with one attached hydrogen (secondary N) is 1. The fourth-order valence-corrected chi connectivity index (χ4v) is 2.48. The Morgan fingerprint density at radius 2 is 1.77 bits per heavy atom. The molecule has 1 aromatic heterocycles. The Hall–Kier alpha value is -3.54. The number of methoxy groups -OCH3 is 1. The summed E-state index contributed by atoms with van der Waals surface area (Å²) in [5.41, 5.74) is 2.78. The van der Waals surface area contributed by atoms with E-state index in [0.717, 1.165) is 5.56 Å². The number of carbonyl (C=O) groups is 2. The fourth-order valence-electron chi connectivity index (χ4n) is 2.48. The number of aryl methyl sites for hydroxylation is 1. The summed E-state index contributed by atoms with van der Waals surface area (Å²) >= 11 is 0. The Labute approximate surface area is 150 Å². The largest absolute Gasteiger partial charge is 0.496 e. The molecule has 0 aliphatic rings. The van der Waals surface area contributed by atoms with Crippen LogP contribution in [0.2, 0.25) is 0 Å². The van der Waals surface area contributed by atoms with Crippen molar-refractivity contribution < 1.29 is 23.8 Å². The number of carbonyl (C=O) groups excluding carboxylic acids is 1. The first-order valence-electron chi connectivity index (χ1n) is 7.87. The van der Waals surface area contributed by atoms with Gasteiger partial charge in [-0.3, -0.25) is 4.79 Å². The number of carboxylic acid groups (broad SMARTS) is 1. The predicted octanol–water partition coefficient (Wildman–Crippen LogP) is 4.21. The maximum atomic E-state index is 12.3. The number of amides is 1. The summed E-state index contributed by atoms with van der Waals surface area (Å²) in [6, 6.07) is 15.3. The van der Waals surface area contributed by atoms with Gasteiger partial charge < -0.3 is 19.6 Å². The molecule has 132 valence electrons. The molecule has 0 radical (unpaired) electrons. The number of hydrogen-bond acceptors (Lipinski definition) is 4. The van der Waals surface area contributed by atoms with E-state index in [1.807, 2.05) is 19.1 Å². The Bertz CT molecular complexity index is 957. The number of rotatable bonds is 5. The molecule has 0 bridgehead atoms. The average Bonchev–Trinajstić information content (AvgIpc) is 3.12. The van der Waals surface area contributed by atoms with Gasteiger partial charge in [0.05, 0.1) is 12.7 Å². The van der Waals surface area contributed by atoms with E-state index in [4.69, 9.17) is 14.3 Å². The summed E-state index contributed by atoms with van der Waals surface area (Å²) in [6.45, 7) is 1.95. The van der Waals surface area contributed by atoms with Crippen molar-refractivity contribution in [1.82, 2.24) is 0 Å². The van der Waals surface area contributed by atoms with Crippen LogP contribution in [0.5, 0.6) is 5.75 Å². The van der Waals surface area contributed by atoms with E-state index in [9.17, 15) is 9.59 Å². The predicted molar refractivity (Wildman–Crippen MR) is 96.8 cm³/mol. The maximum Gasteiger partial charge on any atom is 0.371 e. The van der Waals surface area contributed by atoms with Crippen LogP contribution < -0.4 is 10.1 Å². The quantitative estimate of drug-likeness (QED) is 0.719. The molecule has 6 heteroatoms. The summed E-state index contributed by atoms with van der Waals surface area (Å²) in [4.78, 5) is 23.3. The number of benzene rings is 2. The Balaban J connectivity index is 1.85. The zero-order chi connectivity index (χ0) is 18.7. The number of furan rings is 1. The van der Waals surface area contributed by atoms with Crippen LogP contribution in [0.4, 0.5) is 5.69 Å². The summed E-state index contributed by atoms with van der Waals surface area (Å²) in [7, 11) is 1.49. The van der Waals surface area contributed by atoms with Crippen molar-refractivity contribution in [2.75, 3.05) is 12.4 Å². The third-order valence-electron chi connectivity index (χ3n) is 3.86. The number of ether oxygens (including phenoxy) is 1. The molecule has 6 nitrogen and oxygen atoms in total. The molecule has 1 heterocycles. The lowest BCUT2D eigenvalue weighted by molar-refractivity contribution is 0.0663. The van der Waals surface area contributed by atoms with Crippen LogP contribution in [0.3, 0.4) is 0 Å². The molecule has 0 spiro atoms. The van der Waals surface area contributed by atoms with Crippen LogP contribution in [0, 0.1) is 6.92 Å². The van der Waals surface area contributed by atoms with Gasteiger partial charge in [0.1, 0.15) is 11.5 Å². The van der Waals surface area contributed by atoms with Crippen LogP contribution in [0.1, 0.15) is 26.5 Å². The number of hydrogen-bond donors (Lipinski definition) is 2. The van der Waals surface area contributed by atoms with E-state index in [1.165, 1.54) is 13.2 Å². The maximum absolute atomic E-state index is 12.3. The molecule has 0 aliphatic heterocycles. The highest BCUT2D eigenvalue weighted by Crippen LogP contribution is 2.33. The van der Waals surface area contributed by atoms with E-state index in [-0.39, 0.29) is 11.7 Å². The van der Waals surface area contributed by atoms with Gasteiger partial charge in [0.15, 0.2) is 0 Å². The van der Waals surface area contributed by atoms with Crippen molar-refractivity contribution in [3.8, 4) is 17.1 Å². The molecular weight excluding hydrogens is 334 g/mol. The average molecular weight is 351 g/mol. The minimum Gasteiger partial charge on any atom is -0.496 e. The Morgan fingerprint density at radius 1 is 1.04 bits per heavy atom. The fraction of sp³-hybridized carbons (Fsp3) is 0.100. The molecule has 1 amide bonds. The van der Waals surface area contributed by atoms with Crippen LogP contribution in [-0.2, 0) is 0 Å². The van der Waals surface area contributed by atoms with Gasteiger partial charge in [-0.05, 0) is 43.3 Å². The smallest absolute Gasteiger partial charge is 0.371 e. The standard InChI is InChI=1S/C20H17NO5/c1-12-3-5-13(6-4-12)19(22)21-14-7-8-15(18(11-14)25-2)16-9-10-17(26-16)20(23)24/h3-11H,1-2H3,(H,21,22)(H,23,24). The molecule has 0 fully saturated rings. The second-order valence-corrected chi connectivity index (χ2v) is 5.70. The molecule has 3 rings (SSSR count). The van der Waals surface area contributed by atoms with Crippen molar-refractivity contribution in [3.63, 3.8) is 0 Å². The molecule has 0 unspecified atom stereocenters. The number of carboxylic acids is 1. The van der Waals surface area contributed by atoms with E-state index < -0.39 is 5.97 Å². The van der Waals surface area contributed by atoms with Gasteiger partial charge in [0, 0.05) is 17.3 Å². The zero-order valence-corrected chi connectivity index (χ0v) is 14.3. The minimum atomic E-state index is -1.14. The van der Waals surface area contributed by atoms with Crippen LogP contribution in [-0.4, -0.2) is 24.1 Å². The second kappa shape index (κ2) is 7.14. The first-order valence-corrected chi connectivity index (χ1v) is 7.87. The lowest BCUT2D eigenvalue weighted by Gasteiger charge is -2.10. The van der Waals surface area contributed by atoms with Gasteiger partial charge in [-0.15, -0.1) is 0 Å². The number of aromatic carboxylic acids is 1. The molecule has 0 aliphatic carbocycles. The van der Waals surface area contributed by atoms with Gasteiger partial charge in [0.25, 0.3) is 5.91 Å². The van der Waals surface area contributed by atoms with Gasteiger partial charge in [-0.1, -0.05) is 17.7 Å². The summed E-state index contributed by atoms with van der Waals surface area (Å²) in [5, 5.41) is 11.8. The van der Waals surface area contributed by atoms with Gasteiger partial charge in [-0.2, -0.15) is 0 Å². The van der Waals surface area contributed by atoms with Crippen molar-refractivity contribution in [2.45, 2.75) is 6.92 Å². The lowest BCUT2D eigenvalue weighted by Crippen LogP contribution is -2.11. The van der Waals surface area contributed by atoms with E-state index >= 15 is 0 Å². The first kappa shape index (κ1) is 17.3. The van der Waals surface area contributed by atoms with Gasteiger partial charge in [0.2, 0.25) is 5.76 Å². The highest BCUT2D eigenvalue weighted by atomic mass is 16.5. The highest BCUT2D eigenvalue weighted by Gasteiger charge is 2.15. The van der Waals surface area contributed by atoms with Crippen molar-refractivity contribution in [2.24, 2.45) is 0 Å². The Morgan fingerprint density at radius 3 is 2.38 bits per heavy atom. The molecule has 0 saturated heterocycles. The summed E-state index contributed by atoms with van der Waals surface area (Å²) in [6.07, 6.45) is 0. The third kappa shape index (κ3) is 3.59. The van der Waals surface area contributed by atoms with Crippen LogP contribution >= 0.6 is 0 Å². The van der Waals surface area contributed by atoms with Crippen LogP contribution in [0.25, 0.3) is 11.3 Å². The van der Waals surface area contributed by atoms with E-state index in [0.29, 0.717) is 28.3 Å². The molecule has 0 saturated carbocycles. The molecular formula is C20H17NO5. The molecule has 2 aromatic carbocycles. The Kier molecular flexibility index (Phi) is 4.75. The normalized spacial score (nSPS) is 10.4. The van der Waals surface area contributed by atoms with Gasteiger partial charge >= 0.3 is 5.97 Å². The van der Waals surface area contributed by atoms with Gasteiger partial charge in [-0.25, -0.2) is 4.79 Å².